The molecule has 1 aliphatic rings. The van der Waals surface area contributed by atoms with E-state index in [9.17, 15) is 36.2 Å². The SMILES string of the molecule is CC(C)Cc1cc(N2C=CN=C(Cl)C2C(=O)O)ccc1C(C(F)(F)F)C(F)(F)F. The maximum absolute atomic E-state index is 13.2. The first-order chi connectivity index (χ1) is 13.2. The number of anilines is 1. The Morgan fingerprint density at radius 2 is 1.79 bits per heavy atom. The van der Waals surface area contributed by atoms with Gasteiger partial charge >= 0.3 is 18.3 Å². The molecular formula is C18H17ClF6N2O2. The molecule has 1 aromatic carbocycles. The minimum absolute atomic E-state index is 0.0665. The van der Waals surface area contributed by atoms with Gasteiger partial charge in [0.05, 0.1) is 0 Å². The number of hydrogen-bond donors (Lipinski definition) is 1. The lowest BCUT2D eigenvalue weighted by Crippen LogP contribution is -2.43. The van der Waals surface area contributed by atoms with Crippen LogP contribution in [0.2, 0.25) is 0 Å². The Kier molecular flexibility index (Phi) is 6.56. The Hall–Kier alpha value is -2.23. The first-order valence-electron chi connectivity index (χ1n) is 8.40. The van der Waals surface area contributed by atoms with Gasteiger partial charge in [-0.25, -0.2) is 9.79 Å². The van der Waals surface area contributed by atoms with E-state index >= 15 is 0 Å². The van der Waals surface area contributed by atoms with E-state index in [1.807, 2.05) is 0 Å². The molecule has 0 fully saturated rings. The van der Waals surface area contributed by atoms with Gasteiger partial charge in [-0.3, -0.25) is 0 Å². The highest BCUT2D eigenvalue weighted by molar-refractivity contribution is 6.69. The van der Waals surface area contributed by atoms with Gasteiger partial charge in [0.2, 0.25) is 0 Å². The van der Waals surface area contributed by atoms with Crippen molar-refractivity contribution >= 4 is 28.4 Å². The second kappa shape index (κ2) is 8.25. The molecule has 0 aliphatic carbocycles. The number of benzene rings is 1. The summed E-state index contributed by atoms with van der Waals surface area (Å²) in [6, 6.07) is 1.44. The molecular weight excluding hydrogens is 426 g/mol. The molecule has 0 aromatic heterocycles. The molecule has 0 saturated carbocycles. The predicted molar refractivity (Wildman–Crippen MR) is 96.2 cm³/mol. The normalized spacial score (nSPS) is 17.8. The summed E-state index contributed by atoms with van der Waals surface area (Å²) in [5, 5.41) is 9.08. The zero-order valence-corrected chi connectivity index (χ0v) is 16.0. The van der Waals surface area contributed by atoms with Crippen LogP contribution < -0.4 is 4.90 Å². The van der Waals surface area contributed by atoms with Gasteiger partial charge in [0.1, 0.15) is 5.17 Å². The molecule has 29 heavy (non-hydrogen) atoms. The third-order valence-corrected chi connectivity index (χ3v) is 4.49. The lowest BCUT2D eigenvalue weighted by atomic mass is 9.88. The Labute approximate surface area is 167 Å². The third kappa shape index (κ3) is 5.23. The number of hydrogen-bond acceptors (Lipinski definition) is 3. The minimum Gasteiger partial charge on any atom is -0.479 e. The lowest BCUT2D eigenvalue weighted by Gasteiger charge is -2.31. The number of rotatable bonds is 5. The molecule has 11 heteroatoms. The van der Waals surface area contributed by atoms with Crippen molar-refractivity contribution in [3.8, 4) is 0 Å². The van der Waals surface area contributed by atoms with E-state index < -0.39 is 35.8 Å². The monoisotopic (exact) mass is 442 g/mol. The highest BCUT2D eigenvalue weighted by Crippen LogP contribution is 2.48. The van der Waals surface area contributed by atoms with Crippen molar-refractivity contribution < 1.29 is 36.2 Å². The number of carbonyl (C=O) groups is 1. The Morgan fingerprint density at radius 1 is 1.21 bits per heavy atom. The van der Waals surface area contributed by atoms with Gasteiger partial charge in [-0.1, -0.05) is 31.5 Å². The van der Waals surface area contributed by atoms with Crippen molar-refractivity contribution in [1.82, 2.24) is 0 Å². The maximum atomic E-state index is 13.2. The van der Waals surface area contributed by atoms with E-state index in [1.165, 1.54) is 12.4 Å². The van der Waals surface area contributed by atoms with Crippen molar-refractivity contribution in [1.29, 1.82) is 0 Å². The topological polar surface area (TPSA) is 52.9 Å². The van der Waals surface area contributed by atoms with Crippen molar-refractivity contribution in [2.45, 2.75) is 44.6 Å². The quantitative estimate of drug-likeness (QED) is 0.615. The van der Waals surface area contributed by atoms with Gasteiger partial charge in [0.25, 0.3) is 0 Å². The number of halogens is 7. The second-order valence-corrected chi connectivity index (χ2v) is 7.28. The van der Waals surface area contributed by atoms with Crippen LogP contribution in [-0.2, 0) is 11.2 Å². The predicted octanol–water partition coefficient (Wildman–Crippen LogP) is 5.48. The number of nitrogens with zero attached hydrogens (tertiary/aromatic N) is 2. The molecule has 1 heterocycles. The molecule has 1 atom stereocenters. The van der Waals surface area contributed by atoms with E-state index in [-0.39, 0.29) is 28.8 Å². The van der Waals surface area contributed by atoms with E-state index in [0.717, 1.165) is 23.1 Å². The molecule has 0 bridgehead atoms. The molecule has 160 valence electrons. The van der Waals surface area contributed by atoms with Crippen LogP contribution in [0.15, 0.2) is 35.6 Å². The van der Waals surface area contributed by atoms with Crippen LogP contribution in [0.5, 0.6) is 0 Å². The van der Waals surface area contributed by atoms with E-state index in [0.29, 0.717) is 0 Å². The van der Waals surface area contributed by atoms with E-state index in [2.05, 4.69) is 4.99 Å². The van der Waals surface area contributed by atoms with Crippen molar-refractivity contribution in [3.05, 3.63) is 41.7 Å². The fourth-order valence-electron chi connectivity index (χ4n) is 3.09. The summed E-state index contributed by atoms with van der Waals surface area (Å²) in [6.45, 7) is 3.30. The molecule has 0 spiro atoms. The minimum atomic E-state index is -5.53. The summed E-state index contributed by atoms with van der Waals surface area (Å²) in [5.74, 6) is -5.26. The zero-order valence-electron chi connectivity index (χ0n) is 15.2. The summed E-state index contributed by atoms with van der Waals surface area (Å²) >= 11 is 5.83. The van der Waals surface area contributed by atoms with Gasteiger partial charge in [0, 0.05) is 18.1 Å². The molecule has 0 amide bonds. The fourth-order valence-corrected chi connectivity index (χ4v) is 3.35. The van der Waals surface area contributed by atoms with Crippen LogP contribution in [0, 0.1) is 5.92 Å². The van der Waals surface area contributed by atoms with Crippen molar-refractivity contribution in [2.24, 2.45) is 10.9 Å². The summed E-state index contributed by atoms with van der Waals surface area (Å²) in [6.07, 6.45) is -8.70. The average Bonchev–Trinajstić information content (AvgIpc) is 2.52. The van der Waals surface area contributed by atoms with Crippen LogP contribution in [0.3, 0.4) is 0 Å². The summed E-state index contributed by atoms with van der Waals surface area (Å²) < 4.78 is 79.4. The molecule has 1 aliphatic heterocycles. The first kappa shape index (κ1) is 23.1. The third-order valence-electron chi connectivity index (χ3n) is 4.18. The highest BCUT2D eigenvalue weighted by atomic mass is 35.5. The van der Waals surface area contributed by atoms with Crippen LogP contribution in [0.25, 0.3) is 0 Å². The second-order valence-electron chi connectivity index (χ2n) is 6.90. The molecule has 2 rings (SSSR count). The molecule has 1 N–H and O–H groups in total. The lowest BCUT2D eigenvalue weighted by molar-refractivity contribution is -0.253. The molecule has 0 radical (unpaired) electrons. The van der Waals surface area contributed by atoms with Gasteiger partial charge in [0.15, 0.2) is 12.0 Å². The molecule has 1 unspecified atom stereocenters. The number of aliphatic carboxylic acids is 1. The fraction of sp³-hybridized carbons (Fsp3) is 0.444. The molecule has 0 saturated heterocycles. The summed E-state index contributed by atoms with van der Waals surface area (Å²) in [5.41, 5.74) is -0.993. The number of carboxylic acids is 1. The smallest absolute Gasteiger partial charge is 0.404 e. The van der Waals surface area contributed by atoms with Crippen molar-refractivity contribution in [3.63, 3.8) is 0 Å². The Bertz CT molecular complexity index is 819. The molecule has 1 aromatic rings. The van der Waals surface area contributed by atoms with Crippen LogP contribution in [0.1, 0.15) is 30.9 Å². The van der Waals surface area contributed by atoms with Gasteiger partial charge in [-0.15, -0.1) is 0 Å². The Morgan fingerprint density at radius 3 is 2.28 bits per heavy atom. The largest absolute Gasteiger partial charge is 0.479 e. The molecule has 4 nitrogen and oxygen atoms in total. The van der Waals surface area contributed by atoms with E-state index in [1.54, 1.807) is 13.8 Å². The highest BCUT2D eigenvalue weighted by Gasteiger charge is 2.58. The van der Waals surface area contributed by atoms with Crippen LogP contribution >= 0.6 is 11.6 Å². The average molecular weight is 443 g/mol. The van der Waals surface area contributed by atoms with Crippen LogP contribution in [0.4, 0.5) is 32.0 Å². The number of alkyl halides is 6. The van der Waals surface area contributed by atoms with Crippen LogP contribution in [-0.4, -0.2) is 34.6 Å². The van der Waals surface area contributed by atoms with E-state index in [4.69, 9.17) is 11.6 Å². The summed E-state index contributed by atoms with van der Waals surface area (Å²) in [7, 11) is 0. The standard InChI is InChI=1S/C18H17ClF6N2O2/c1-9(2)7-10-8-11(27-6-5-26-15(19)13(27)16(28)29)3-4-12(10)14(17(20,21)22)18(23,24)25/h3-6,8-9,13-14H,7H2,1-2H3,(H,28,29). The van der Waals surface area contributed by atoms with Gasteiger partial charge in [-0.05, 0) is 35.6 Å². The van der Waals surface area contributed by atoms with Crippen molar-refractivity contribution in [2.75, 3.05) is 4.90 Å². The Balaban J connectivity index is 2.62. The number of carboxylic acid groups (broad SMARTS) is 1. The van der Waals surface area contributed by atoms with Gasteiger partial charge in [-0.2, -0.15) is 26.3 Å². The number of aliphatic imine (C=N–C) groups is 1. The van der Waals surface area contributed by atoms with Gasteiger partial charge < -0.3 is 10.0 Å². The first-order valence-corrected chi connectivity index (χ1v) is 8.78. The maximum Gasteiger partial charge on any atom is 0.404 e. The summed E-state index contributed by atoms with van der Waals surface area (Å²) in [4.78, 5) is 16.3. The zero-order chi connectivity index (χ0) is 22.1.